The number of nitrogens with two attached hydrogens (primary N) is 1. The number of amides is 3. The number of rotatable bonds is 2. The second-order valence-electron chi connectivity index (χ2n) is 8.82. The number of aromatic nitrogens is 1. The predicted octanol–water partition coefficient (Wildman–Crippen LogP) is 2.40. The fourth-order valence-electron chi connectivity index (χ4n) is 4.83. The van der Waals surface area contributed by atoms with Crippen molar-refractivity contribution in [3.63, 3.8) is 0 Å². The van der Waals surface area contributed by atoms with Gasteiger partial charge in [-0.2, -0.15) is 0 Å². The summed E-state index contributed by atoms with van der Waals surface area (Å²) in [6, 6.07) is 7.18. The number of nitrogens with one attached hydrogen (secondary N) is 1. The molecule has 3 aliphatic heterocycles. The number of thiazole rings is 1. The lowest BCUT2D eigenvalue weighted by Gasteiger charge is -2.40. The first-order chi connectivity index (χ1) is 16.4. The van der Waals surface area contributed by atoms with Crippen LogP contribution in [0.25, 0.3) is 0 Å². The number of fused-ring (bicyclic) bond motifs is 9. The van der Waals surface area contributed by atoms with E-state index in [1.165, 1.54) is 11.3 Å². The van der Waals surface area contributed by atoms with E-state index < -0.39 is 5.41 Å². The molecular weight excluding hydrogens is 454 g/mol. The number of hydrogen-bond donors (Lipinski definition) is 2. The molecule has 5 rings (SSSR count). The topological polar surface area (TPSA) is 118 Å². The third-order valence-electron chi connectivity index (χ3n) is 6.81. The van der Waals surface area contributed by atoms with Crippen LogP contribution in [0.2, 0.25) is 0 Å². The third kappa shape index (κ3) is 5.01. The van der Waals surface area contributed by atoms with Crippen molar-refractivity contribution in [2.75, 3.05) is 45.6 Å². The number of nitrogen functional groups attached to an aromatic ring is 1. The number of nitrogens with zero attached hydrogens (tertiary/aromatic N) is 3. The first kappa shape index (κ1) is 24.0. The molecule has 3 N–H and O–H groups in total. The Balaban J connectivity index is 1.60. The van der Waals surface area contributed by atoms with Gasteiger partial charge in [-0.3, -0.25) is 14.4 Å². The molecule has 1 aromatic heterocycles. The highest BCUT2D eigenvalue weighted by atomic mass is 32.1. The molecule has 182 valence electrons. The third-order valence-corrected chi connectivity index (χ3v) is 7.49. The number of para-hydroxylation sites is 1. The second-order valence-corrected chi connectivity index (χ2v) is 9.71. The first-order valence-corrected chi connectivity index (χ1v) is 12.5. The quantitative estimate of drug-likeness (QED) is 0.675. The molecule has 9 nitrogen and oxygen atoms in total. The lowest BCUT2D eigenvalue weighted by atomic mass is 9.73. The van der Waals surface area contributed by atoms with Gasteiger partial charge in [0.1, 0.15) is 18.1 Å². The van der Waals surface area contributed by atoms with Crippen LogP contribution >= 0.6 is 11.3 Å². The smallest absolute Gasteiger partial charge is 0.273 e. The summed E-state index contributed by atoms with van der Waals surface area (Å²) in [6.45, 7) is 2.17. The summed E-state index contributed by atoms with van der Waals surface area (Å²) < 4.78 is 5.99. The molecule has 2 bridgehead atoms. The molecule has 10 heteroatoms. The minimum atomic E-state index is -0.500. The molecule has 3 amide bonds. The molecule has 3 aliphatic rings. The molecule has 1 saturated heterocycles. The highest BCUT2D eigenvalue weighted by Crippen LogP contribution is 2.38. The van der Waals surface area contributed by atoms with Crippen molar-refractivity contribution < 1.29 is 19.1 Å². The summed E-state index contributed by atoms with van der Waals surface area (Å²) in [6.07, 6.45) is 3.49. The van der Waals surface area contributed by atoms with Gasteiger partial charge < -0.3 is 25.6 Å². The lowest BCUT2D eigenvalue weighted by Crippen LogP contribution is -2.49. The van der Waals surface area contributed by atoms with E-state index in [4.69, 9.17) is 10.5 Å². The molecule has 4 heterocycles. The van der Waals surface area contributed by atoms with Gasteiger partial charge in [0.15, 0.2) is 5.13 Å². The van der Waals surface area contributed by atoms with Crippen LogP contribution in [0.15, 0.2) is 29.6 Å². The molecule has 2 aromatic rings. The van der Waals surface area contributed by atoms with Crippen molar-refractivity contribution in [2.45, 2.75) is 32.1 Å². The first-order valence-electron chi connectivity index (χ1n) is 11.7. The van der Waals surface area contributed by atoms with Gasteiger partial charge in [-0.15, -0.1) is 11.3 Å². The Labute approximate surface area is 203 Å². The summed E-state index contributed by atoms with van der Waals surface area (Å²) in [5, 5.41) is 4.84. The summed E-state index contributed by atoms with van der Waals surface area (Å²) in [5.74, 6) is 0.231. The van der Waals surface area contributed by atoms with Crippen molar-refractivity contribution in [1.82, 2.24) is 20.1 Å². The van der Waals surface area contributed by atoms with Crippen LogP contribution in [0.1, 0.15) is 53.0 Å². The fourth-order valence-corrected chi connectivity index (χ4v) is 5.36. The van der Waals surface area contributed by atoms with Gasteiger partial charge in [-0.05, 0) is 37.8 Å². The van der Waals surface area contributed by atoms with E-state index >= 15 is 0 Å². The average molecular weight is 486 g/mol. The van der Waals surface area contributed by atoms with Crippen molar-refractivity contribution >= 4 is 34.2 Å². The SMILES string of the molecule is CNC(=O)C12CCCCN(C(=O)c3csc(N)n3)CCOc3ccccc3C(=O)N(CC1)CC2. The second kappa shape index (κ2) is 10.4. The zero-order valence-corrected chi connectivity index (χ0v) is 20.2. The Kier molecular flexibility index (Phi) is 7.35. The number of benzene rings is 1. The zero-order chi connectivity index (χ0) is 24.1. The van der Waals surface area contributed by atoms with Gasteiger partial charge in [0.05, 0.1) is 17.5 Å². The minimum absolute atomic E-state index is 0.0264. The molecule has 1 fully saturated rings. The number of piperidine rings is 1. The molecule has 0 atom stereocenters. The molecule has 34 heavy (non-hydrogen) atoms. The van der Waals surface area contributed by atoms with Gasteiger partial charge >= 0.3 is 0 Å². The van der Waals surface area contributed by atoms with Crippen LogP contribution in [0, 0.1) is 5.41 Å². The largest absolute Gasteiger partial charge is 0.491 e. The predicted molar refractivity (Wildman–Crippen MR) is 130 cm³/mol. The van der Waals surface area contributed by atoms with E-state index in [9.17, 15) is 14.4 Å². The Morgan fingerprint density at radius 3 is 2.59 bits per heavy atom. The minimum Gasteiger partial charge on any atom is -0.491 e. The van der Waals surface area contributed by atoms with E-state index in [-0.39, 0.29) is 24.3 Å². The van der Waals surface area contributed by atoms with Crippen LogP contribution in [0.3, 0.4) is 0 Å². The molecule has 0 aliphatic carbocycles. The summed E-state index contributed by atoms with van der Waals surface area (Å²) in [7, 11) is 1.66. The highest BCUT2D eigenvalue weighted by Gasteiger charge is 2.41. The van der Waals surface area contributed by atoms with E-state index in [0.717, 1.165) is 12.8 Å². The number of anilines is 1. The van der Waals surface area contributed by atoms with Crippen molar-refractivity contribution in [3.05, 3.63) is 40.9 Å². The Bertz CT molecular complexity index is 1050. The number of carbonyl (C=O) groups excluding carboxylic acids is 3. The monoisotopic (exact) mass is 485 g/mol. The van der Waals surface area contributed by atoms with E-state index in [1.807, 2.05) is 17.0 Å². The van der Waals surface area contributed by atoms with Crippen LogP contribution < -0.4 is 15.8 Å². The normalized spacial score (nSPS) is 18.9. The van der Waals surface area contributed by atoms with Gasteiger partial charge in [-0.1, -0.05) is 18.6 Å². The van der Waals surface area contributed by atoms with Gasteiger partial charge in [0.2, 0.25) is 5.91 Å². The Hall–Kier alpha value is -3.14. The Morgan fingerprint density at radius 2 is 1.88 bits per heavy atom. The van der Waals surface area contributed by atoms with Crippen LogP contribution in [0.4, 0.5) is 5.13 Å². The number of carbonyl (C=O) groups is 3. The van der Waals surface area contributed by atoms with E-state index in [2.05, 4.69) is 10.3 Å². The average Bonchev–Trinajstić information content (AvgIpc) is 3.30. The highest BCUT2D eigenvalue weighted by molar-refractivity contribution is 7.13. The molecule has 0 spiro atoms. The van der Waals surface area contributed by atoms with Crippen LogP contribution in [-0.2, 0) is 4.79 Å². The maximum atomic E-state index is 13.3. The van der Waals surface area contributed by atoms with Crippen molar-refractivity contribution in [3.8, 4) is 5.75 Å². The molecule has 1 aromatic carbocycles. The van der Waals surface area contributed by atoms with Gasteiger partial charge in [0, 0.05) is 32.1 Å². The standard InChI is InChI=1S/C24H31N5O4S/c1-26-22(32)24-8-4-5-11-28(21(31)18-16-34-23(25)27-18)14-15-33-19-7-3-2-6-17(19)20(30)29(12-9-24)13-10-24/h2-3,6-7,16H,4-5,8-15H2,1H3,(H2,25,27)(H,26,32). The number of hydrogen-bond acceptors (Lipinski definition) is 7. The van der Waals surface area contributed by atoms with Crippen LogP contribution in [-0.4, -0.2) is 72.3 Å². The van der Waals surface area contributed by atoms with E-state index in [1.54, 1.807) is 29.5 Å². The maximum absolute atomic E-state index is 13.3. The van der Waals surface area contributed by atoms with Gasteiger partial charge in [0.25, 0.3) is 11.8 Å². The van der Waals surface area contributed by atoms with Gasteiger partial charge in [-0.25, -0.2) is 4.98 Å². The summed E-state index contributed by atoms with van der Waals surface area (Å²) in [5.41, 5.74) is 6.05. The molecule has 0 unspecified atom stereocenters. The van der Waals surface area contributed by atoms with Crippen molar-refractivity contribution in [1.29, 1.82) is 0 Å². The van der Waals surface area contributed by atoms with Crippen LogP contribution in [0.5, 0.6) is 5.75 Å². The Morgan fingerprint density at radius 1 is 1.12 bits per heavy atom. The molecule has 0 radical (unpaired) electrons. The fraction of sp³-hybridized carbons (Fsp3) is 0.500. The number of ether oxygens (including phenoxy) is 1. The molecule has 0 saturated carbocycles. The summed E-state index contributed by atoms with van der Waals surface area (Å²) in [4.78, 5) is 46.9. The summed E-state index contributed by atoms with van der Waals surface area (Å²) >= 11 is 1.23. The van der Waals surface area contributed by atoms with Crippen molar-refractivity contribution in [2.24, 2.45) is 5.41 Å². The lowest BCUT2D eigenvalue weighted by molar-refractivity contribution is -0.133. The maximum Gasteiger partial charge on any atom is 0.273 e. The zero-order valence-electron chi connectivity index (χ0n) is 19.4. The molecular formula is C24H31N5O4S. The van der Waals surface area contributed by atoms with E-state index in [0.29, 0.717) is 67.6 Å².